The molecule has 1 fully saturated rings. The first-order valence-corrected chi connectivity index (χ1v) is 8.10. The number of ether oxygens (including phenoxy) is 1. The highest BCUT2D eigenvalue weighted by atomic mass is 16.5. The lowest BCUT2D eigenvalue weighted by atomic mass is 10.1. The second-order valence-corrected chi connectivity index (χ2v) is 6.17. The molecule has 0 bridgehead atoms. The topological polar surface area (TPSA) is 64.4 Å². The summed E-state index contributed by atoms with van der Waals surface area (Å²) in [6.45, 7) is 0.341. The number of hydrogen-bond donors (Lipinski definition) is 0. The molecule has 3 aromatic rings. The number of benzene rings is 2. The summed E-state index contributed by atoms with van der Waals surface area (Å²) in [6, 6.07) is 14.7. The molecule has 1 aliphatic rings. The van der Waals surface area contributed by atoms with Gasteiger partial charge in [-0.15, -0.1) is 0 Å². The molecule has 0 aliphatic carbocycles. The number of carbonyl (C=O) groups excluding carboxylic acids is 2. The molecule has 1 unspecified atom stereocenters. The minimum absolute atomic E-state index is 0.0617. The summed E-state index contributed by atoms with van der Waals surface area (Å²) in [6.07, 6.45) is 1.88. The van der Waals surface area contributed by atoms with Gasteiger partial charge < -0.3 is 14.2 Å². The predicted octanol–water partition coefficient (Wildman–Crippen LogP) is 2.53. The summed E-state index contributed by atoms with van der Waals surface area (Å²) in [4.78, 5) is 30.6. The van der Waals surface area contributed by atoms with Crippen LogP contribution in [0.25, 0.3) is 11.0 Å². The van der Waals surface area contributed by atoms with Crippen LogP contribution in [-0.2, 0) is 16.6 Å². The quantitative estimate of drug-likeness (QED) is 0.545. The molecular weight excluding hydrogens is 318 g/mol. The van der Waals surface area contributed by atoms with Crippen LogP contribution in [0.4, 0.5) is 5.69 Å². The summed E-state index contributed by atoms with van der Waals surface area (Å²) >= 11 is 0. The fourth-order valence-corrected chi connectivity index (χ4v) is 3.10. The lowest BCUT2D eigenvalue weighted by Crippen LogP contribution is -2.27. The molecule has 0 spiro atoms. The Bertz CT molecular complexity index is 949. The fraction of sp³-hybridized carbons (Fsp3) is 0.211. The Labute approximate surface area is 144 Å². The van der Waals surface area contributed by atoms with Crippen molar-refractivity contribution < 1.29 is 14.3 Å². The van der Waals surface area contributed by atoms with Gasteiger partial charge in [0.05, 0.1) is 23.3 Å². The Balaban J connectivity index is 1.48. The molecule has 1 saturated heterocycles. The first-order valence-electron chi connectivity index (χ1n) is 8.10. The number of hydrogen-bond acceptors (Lipinski definition) is 4. The lowest BCUT2D eigenvalue weighted by Gasteiger charge is -2.16. The van der Waals surface area contributed by atoms with Crippen LogP contribution < -0.4 is 9.64 Å². The standard InChI is InChI=1S/C19H17N3O3/c1-21-12-20-16-10-15(7-8-17(16)21)25-19(24)13-9-18(23)22(11-13)14-5-3-2-4-6-14/h2-8,10,12-13H,9,11H2,1H3. The molecule has 4 rings (SSSR count). The van der Waals surface area contributed by atoms with Gasteiger partial charge in [0, 0.05) is 31.8 Å². The third-order valence-corrected chi connectivity index (χ3v) is 4.44. The van der Waals surface area contributed by atoms with Gasteiger partial charge in [0.1, 0.15) is 5.75 Å². The molecule has 1 atom stereocenters. The van der Waals surface area contributed by atoms with E-state index in [-0.39, 0.29) is 18.3 Å². The molecule has 1 aromatic heterocycles. The zero-order valence-electron chi connectivity index (χ0n) is 13.8. The van der Waals surface area contributed by atoms with Gasteiger partial charge in [-0.05, 0) is 24.3 Å². The molecule has 1 aliphatic heterocycles. The first-order chi connectivity index (χ1) is 12.1. The van der Waals surface area contributed by atoms with Crippen LogP contribution >= 0.6 is 0 Å². The van der Waals surface area contributed by atoms with Crippen LogP contribution in [0.5, 0.6) is 5.75 Å². The van der Waals surface area contributed by atoms with E-state index in [9.17, 15) is 9.59 Å². The first kappa shape index (κ1) is 15.4. The van der Waals surface area contributed by atoms with Crippen molar-refractivity contribution >= 4 is 28.6 Å². The number of rotatable bonds is 3. The summed E-state index contributed by atoms with van der Waals surface area (Å²) in [5.74, 6) is -0.468. The van der Waals surface area contributed by atoms with Gasteiger partial charge in [-0.2, -0.15) is 0 Å². The number of para-hydroxylation sites is 1. The molecule has 0 radical (unpaired) electrons. The highest BCUT2D eigenvalue weighted by Gasteiger charge is 2.36. The normalized spacial score (nSPS) is 17.2. The lowest BCUT2D eigenvalue weighted by molar-refractivity contribution is -0.139. The molecule has 6 heteroatoms. The Morgan fingerprint density at radius 2 is 2.00 bits per heavy atom. The number of fused-ring (bicyclic) bond motifs is 1. The maximum absolute atomic E-state index is 12.5. The largest absolute Gasteiger partial charge is 0.426 e. The monoisotopic (exact) mass is 335 g/mol. The number of aromatic nitrogens is 2. The van der Waals surface area contributed by atoms with E-state index in [1.165, 1.54) is 0 Å². The second-order valence-electron chi connectivity index (χ2n) is 6.17. The maximum atomic E-state index is 12.5. The molecule has 6 nitrogen and oxygen atoms in total. The van der Waals surface area contributed by atoms with Crippen molar-refractivity contribution in [3.05, 3.63) is 54.9 Å². The van der Waals surface area contributed by atoms with Crippen LogP contribution in [0.1, 0.15) is 6.42 Å². The average molecular weight is 335 g/mol. The van der Waals surface area contributed by atoms with E-state index in [2.05, 4.69) is 4.98 Å². The number of amides is 1. The smallest absolute Gasteiger partial charge is 0.316 e. The molecular formula is C19H17N3O3. The number of aryl methyl sites for hydroxylation is 1. The zero-order valence-corrected chi connectivity index (χ0v) is 13.8. The van der Waals surface area contributed by atoms with Crippen molar-refractivity contribution in [1.29, 1.82) is 0 Å². The number of anilines is 1. The van der Waals surface area contributed by atoms with Gasteiger partial charge in [-0.25, -0.2) is 4.98 Å². The Hall–Kier alpha value is -3.15. The number of imidazole rings is 1. The van der Waals surface area contributed by atoms with Crippen molar-refractivity contribution in [1.82, 2.24) is 9.55 Å². The van der Waals surface area contributed by atoms with E-state index in [1.807, 2.05) is 48.0 Å². The molecule has 1 amide bonds. The molecule has 0 saturated carbocycles. The number of esters is 1. The van der Waals surface area contributed by atoms with E-state index in [0.29, 0.717) is 12.3 Å². The second kappa shape index (κ2) is 6.05. The maximum Gasteiger partial charge on any atom is 0.316 e. The van der Waals surface area contributed by atoms with Crippen molar-refractivity contribution in [2.75, 3.05) is 11.4 Å². The number of nitrogens with zero attached hydrogens (tertiary/aromatic N) is 3. The SMILES string of the molecule is Cn1cnc2cc(OC(=O)C3CC(=O)N(c4ccccc4)C3)ccc21. The molecule has 2 heterocycles. The minimum atomic E-state index is -0.466. The van der Waals surface area contributed by atoms with E-state index in [1.54, 1.807) is 23.4 Å². The zero-order chi connectivity index (χ0) is 17.4. The third kappa shape index (κ3) is 2.87. The van der Waals surface area contributed by atoms with E-state index in [4.69, 9.17) is 4.74 Å². The van der Waals surface area contributed by atoms with Crippen molar-refractivity contribution in [2.45, 2.75) is 6.42 Å². The van der Waals surface area contributed by atoms with Crippen molar-refractivity contribution in [2.24, 2.45) is 13.0 Å². The molecule has 2 aromatic carbocycles. The van der Waals surface area contributed by atoms with Gasteiger partial charge >= 0.3 is 5.97 Å². The van der Waals surface area contributed by atoms with E-state index in [0.717, 1.165) is 16.7 Å². The Kier molecular flexibility index (Phi) is 3.72. The van der Waals surface area contributed by atoms with Crippen molar-refractivity contribution in [3.8, 4) is 5.75 Å². The highest BCUT2D eigenvalue weighted by Crippen LogP contribution is 2.27. The van der Waals surface area contributed by atoms with Crippen LogP contribution in [0.15, 0.2) is 54.9 Å². The van der Waals surface area contributed by atoms with Gasteiger partial charge in [0.2, 0.25) is 5.91 Å². The molecule has 126 valence electrons. The summed E-state index contributed by atoms with van der Waals surface area (Å²) in [5, 5.41) is 0. The summed E-state index contributed by atoms with van der Waals surface area (Å²) in [7, 11) is 1.91. The van der Waals surface area contributed by atoms with E-state index < -0.39 is 5.92 Å². The number of carbonyl (C=O) groups is 2. The Morgan fingerprint density at radius 3 is 2.80 bits per heavy atom. The van der Waals surface area contributed by atoms with Gasteiger partial charge in [0.15, 0.2) is 0 Å². The fourth-order valence-electron chi connectivity index (χ4n) is 3.10. The van der Waals surface area contributed by atoms with Crippen LogP contribution in [0.2, 0.25) is 0 Å². The van der Waals surface area contributed by atoms with Gasteiger partial charge in [0.25, 0.3) is 0 Å². The highest BCUT2D eigenvalue weighted by molar-refractivity contribution is 5.99. The minimum Gasteiger partial charge on any atom is -0.426 e. The predicted molar refractivity (Wildman–Crippen MR) is 93.3 cm³/mol. The van der Waals surface area contributed by atoms with Crippen molar-refractivity contribution in [3.63, 3.8) is 0 Å². The molecule has 25 heavy (non-hydrogen) atoms. The summed E-state index contributed by atoms with van der Waals surface area (Å²) in [5.41, 5.74) is 2.53. The van der Waals surface area contributed by atoms with Crippen LogP contribution in [0.3, 0.4) is 0 Å². The van der Waals surface area contributed by atoms with Crippen LogP contribution in [0, 0.1) is 5.92 Å². The van der Waals surface area contributed by atoms with Crippen LogP contribution in [-0.4, -0.2) is 28.0 Å². The molecule has 0 N–H and O–H groups in total. The third-order valence-electron chi connectivity index (χ3n) is 4.44. The summed E-state index contributed by atoms with van der Waals surface area (Å²) < 4.78 is 7.38. The van der Waals surface area contributed by atoms with Gasteiger partial charge in [-0.3, -0.25) is 9.59 Å². The van der Waals surface area contributed by atoms with Gasteiger partial charge in [-0.1, -0.05) is 18.2 Å². The van der Waals surface area contributed by atoms with E-state index >= 15 is 0 Å². The average Bonchev–Trinajstić information content (AvgIpc) is 3.19. The Morgan fingerprint density at radius 1 is 1.20 bits per heavy atom.